The molecule has 0 aliphatic carbocycles. The van der Waals surface area contributed by atoms with Gasteiger partial charge in [0.15, 0.2) is 0 Å². The van der Waals surface area contributed by atoms with Gasteiger partial charge in [-0.25, -0.2) is 0 Å². The zero-order chi connectivity index (χ0) is 4.50. The van der Waals surface area contributed by atoms with Crippen molar-refractivity contribution in [2.24, 2.45) is 0 Å². The Morgan fingerprint density at radius 1 is 1.00 bits per heavy atom. The third-order valence-electron chi connectivity index (χ3n) is 0. The average Bonchev–Trinajstić information content (AvgIpc) is 0.722. The first kappa shape index (κ1) is 15.9. The minimum absolute atomic E-state index is 0. The Hall–Kier alpha value is 1.83. The van der Waals surface area contributed by atoms with Gasteiger partial charge in [0.1, 0.15) is 0 Å². The van der Waals surface area contributed by atoms with Crippen LogP contribution in [0.15, 0.2) is 0 Å². The molecule has 0 amide bonds. The van der Waals surface area contributed by atoms with Crippen molar-refractivity contribution in [1.29, 1.82) is 0 Å². The molecule has 0 aromatic heterocycles. The molecule has 0 saturated carbocycles. The molecule has 0 aliphatic heterocycles. The van der Waals surface area contributed by atoms with Gasteiger partial charge in [0.05, 0.1) is 0 Å². The molecule has 0 bridgehead atoms. The van der Waals surface area contributed by atoms with E-state index in [1.165, 1.54) is 0 Å². The van der Waals surface area contributed by atoms with E-state index in [4.69, 9.17) is 19.2 Å². The second-order valence-corrected chi connectivity index (χ2v) is 1.80. The van der Waals surface area contributed by atoms with Gasteiger partial charge in [-0.3, -0.25) is 0 Å². The van der Waals surface area contributed by atoms with Crippen LogP contribution in [0, 0.1) is 0 Å². The van der Waals surface area contributed by atoms with Crippen LogP contribution in [-0.4, -0.2) is 73.7 Å². The van der Waals surface area contributed by atoms with Crippen LogP contribution in [0.5, 0.6) is 0 Å². The summed E-state index contributed by atoms with van der Waals surface area (Å²) in [5, 5.41) is 0. The topological polar surface area (TPSA) is 80.9 Å². The minimum Gasteiger partial charge on any atom is -1.00 e. The van der Waals surface area contributed by atoms with Gasteiger partial charge < -0.3 is 22.0 Å². The fraction of sp³-hybridized carbons (Fsp3) is 0. The summed E-state index contributed by atoms with van der Waals surface area (Å²) in [5.41, 5.74) is 0. The Morgan fingerprint density at radius 3 is 1.00 bits per heavy atom. The molecule has 0 radical (unpaired) electrons. The molecule has 0 aromatic rings. The quantitative estimate of drug-likeness (QED) is 0.346. The van der Waals surface area contributed by atoms with Gasteiger partial charge in [-0.05, 0) is 0 Å². The fourth-order valence-electron chi connectivity index (χ4n) is 0. The van der Waals surface area contributed by atoms with Gasteiger partial charge in [-0.2, -0.15) is 0 Å². The van der Waals surface area contributed by atoms with Gasteiger partial charge >= 0.3 is 54.5 Å². The summed E-state index contributed by atoms with van der Waals surface area (Å²) in [7, 11) is -4.61. The standard InChI is InChI=1S/ClH.H4O4Si.Sr.2H/c;1-5(2,3)4;;;/h1H;1-4H;;;/q;;+2;2*-1. The van der Waals surface area contributed by atoms with E-state index in [0.29, 0.717) is 0 Å². The van der Waals surface area contributed by atoms with Crippen LogP contribution in [0.3, 0.4) is 0 Å². The minimum atomic E-state index is -4.61. The molecule has 0 heterocycles. The maximum Gasteiger partial charge on any atom is 2.00 e. The van der Waals surface area contributed by atoms with E-state index in [1.807, 2.05) is 0 Å². The Labute approximate surface area is 87.9 Å². The number of rotatable bonds is 0. The second kappa shape index (κ2) is 5.96. The maximum atomic E-state index is 7.33. The van der Waals surface area contributed by atoms with E-state index >= 15 is 0 Å². The van der Waals surface area contributed by atoms with E-state index in [0.717, 1.165) is 0 Å². The summed E-state index contributed by atoms with van der Waals surface area (Å²) in [6, 6.07) is 0. The molecule has 0 saturated heterocycles. The largest absolute Gasteiger partial charge is 2.00 e. The summed E-state index contributed by atoms with van der Waals surface area (Å²) in [5.74, 6) is 0. The molecule has 0 unspecified atom stereocenters. The van der Waals surface area contributed by atoms with Crippen molar-refractivity contribution in [3.63, 3.8) is 0 Å². The van der Waals surface area contributed by atoms with Crippen LogP contribution in [-0.2, 0) is 0 Å². The number of hydrogen-bond donors (Lipinski definition) is 4. The van der Waals surface area contributed by atoms with Gasteiger partial charge in [0.25, 0.3) is 0 Å². The molecule has 0 atom stereocenters. The van der Waals surface area contributed by atoms with Gasteiger partial charge in [-0.15, -0.1) is 12.4 Å². The first-order valence-electron chi connectivity index (χ1n) is 0.894. The van der Waals surface area contributed by atoms with Crippen molar-refractivity contribution in [1.82, 2.24) is 0 Å². The molecule has 7 heteroatoms. The Kier molecular flexibility index (Phi) is 13.5. The fourth-order valence-corrected chi connectivity index (χ4v) is 0. The Morgan fingerprint density at radius 2 is 1.00 bits per heavy atom. The molecule has 0 aliphatic rings. The van der Waals surface area contributed by atoms with Crippen LogP contribution >= 0.6 is 12.4 Å². The van der Waals surface area contributed by atoms with Crippen LogP contribution in [0.1, 0.15) is 2.85 Å². The number of halogens is 1. The van der Waals surface area contributed by atoms with E-state index in [-0.39, 0.29) is 60.7 Å². The van der Waals surface area contributed by atoms with Gasteiger partial charge in [0.2, 0.25) is 0 Å². The summed E-state index contributed by atoms with van der Waals surface area (Å²) in [6.07, 6.45) is 0. The van der Waals surface area contributed by atoms with Crippen molar-refractivity contribution >= 4 is 66.9 Å². The average molecular weight is 222 g/mol. The smallest absolute Gasteiger partial charge is 1.00 e. The zero-order valence-corrected chi connectivity index (χ0v) is 8.70. The van der Waals surface area contributed by atoms with Crippen LogP contribution in [0.2, 0.25) is 0 Å². The molecule has 0 aromatic carbocycles. The summed E-state index contributed by atoms with van der Waals surface area (Å²) in [4.78, 5) is 29.3. The third-order valence-corrected chi connectivity index (χ3v) is 0. The normalized spacial score (nSPS) is 8.57. The van der Waals surface area contributed by atoms with Crippen LogP contribution in [0.25, 0.3) is 0 Å². The third kappa shape index (κ3) is 79.6. The summed E-state index contributed by atoms with van der Waals surface area (Å²) in [6.45, 7) is 0. The molecule has 0 fully saturated rings. The van der Waals surface area contributed by atoms with E-state index < -0.39 is 9.05 Å². The van der Waals surface area contributed by atoms with Gasteiger partial charge in [-0.1, -0.05) is 0 Å². The summed E-state index contributed by atoms with van der Waals surface area (Å²) >= 11 is 0. The monoisotopic (exact) mass is 222 g/mol. The molecule has 0 spiro atoms. The van der Waals surface area contributed by atoms with E-state index in [9.17, 15) is 0 Å². The predicted octanol–water partition coefficient (Wildman–Crippen LogP) is -2.34. The molecule has 4 nitrogen and oxygen atoms in total. The van der Waals surface area contributed by atoms with E-state index in [1.54, 1.807) is 0 Å². The van der Waals surface area contributed by atoms with Crippen molar-refractivity contribution < 1.29 is 22.0 Å². The summed E-state index contributed by atoms with van der Waals surface area (Å²) < 4.78 is 0. The van der Waals surface area contributed by atoms with Crippen molar-refractivity contribution in [3.8, 4) is 0 Å². The SMILES string of the molecule is Cl.O[Si](O)(O)O.[H-].[H-].[Sr+2]. The molecular formula is H7ClO4SiSr. The number of hydrogen-bond acceptors (Lipinski definition) is 4. The van der Waals surface area contributed by atoms with Crippen molar-refractivity contribution in [2.75, 3.05) is 0 Å². The molecule has 44 valence electrons. The van der Waals surface area contributed by atoms with Gasteiger partial charge in [0, 0.05) is 0 Å². The Balaban J connectivity index is -0.0000000133. The first-order valence-corrected chi connectivity index (χ1v) is 2.68. The first-order chi connectivity index (χ1) is 2.00. The van der Waals surface area contributed by atoms with Crippen LogP contribution < -0.4 is 0 Å². The Bertz CT molecular complexity index is 34.0. The van der Waals surface area contributed by atoms with Crippen molar-refractivity contribution in [2.45, 2.75) is 0 Å². The predicted molar refractivity (Wildman–Crippen MR) is 29.9 cm³/mol. The molecule has 4 N–H and O–H groups in total. The zero-order valence-electron chi connectivity index (χ0n) is 5.40. The maximum absolute atomic E-state index is 7.33. The van der Waals surface area contributed by atoms with Crippen molar-refractivity contribution in [3.05, 3.63) is 0 Å². The van der Waals surface area contributed by atoms with Crippen LogP contribution in [0.4, 0.5) is 0 Å². The van der Waals surface area contributed by atoms with E-state index in [2.05, 4.69) is 0 Å². The molecular weight excluding hydrogens is 215 g/mol. The molecule has 0 rings (SSSR count). The molecule has 7 heavy (non-hydrogen) atoms. The second-order valence-electron chi connectivity index (χ2n) is 0.600.